The number of benzene rings is 1. The molecule has 0 radical (unpaired) electrons. The van der Waals surface area contributed by atoms with Gasteiger partial charge in [-0.15, -0.1) is 0 Å². The molecule has 1 atom stereocenters. The Balaban J connectivity index is 2.67. The van der Waals surface area contributed by atoms with Gasteiger partial charge in [0.05, 0.1) is 5.54 Å². The first-order valence-electron chi connectivity index (χ1n) is 7.46. The molecule has 5 nitrogen and oxygen atoms in total. The number of carbonyl (C=O) groups is 2. The van der Waals surface area contributed by atoms with E-state index in [1.807, 2.05) is 13.8 Å². The van der Waals surface area contributed by atoms with Crippen LogP contribution < -0.4 is 16.4 Å². The van der Waals surface area contributed by atoms with E-state index in [1.165, 1.54) is 0 Å². The highest BCUT2D eigenvalue weighted by Crippen LogP contribution is 2.13. The maximum Gasteiger partial charge on any atom is 0.251 e. The van der Waals surface area contributed by atoms with Crippen molar-refractivity contribution in [3.63, 3.8) is 0 Å². The number of halogens is 1. The van der Waals surface area contributed by atoms with E-state index in [9.17, 15) is 9.59 Å². The summed E-state index contributed by atoms with van der Waals surface area (Å²) in [6.45, 7) is 5.97. The smallest absolute Gasteiger partial charge is 0.251 e. The Bertz CT molecular complexity index is 504. The van der Waals surface area contributed by atoms with Gasteiger partial charge in [0.1, 0.15) is 6.04 Å². The van der Waals surface area contributed by atoms with Crippen molar-refractivity contribution in [2.24, 2.45) is 5.73 Å². The average molecular weight is 326 g/mol. The van der Waals surface area contributed by atoms with Crippen LogP contribution in [-0.4, -0.2) is 29.9 Å². The van der Waals surface area contributed by atoms with Crippen LogP contribution in [0.4, 0.5) is 0 Å². The van der Waals surface area contributed by atoms with E-state index in [0.29, 0.717) is 17.1 Å². The predicted octanol–water partition coefficient (Wildman–Crippen LogP) is 2.09. The van der Waals surface area contributed by atoms with Gasteiger partial charge in [-0.2, -0.15) is 0 Å². The lowest BCUT2D eigenvalue weighted by molar-refractivity contribution is -0.124. The molecule has 0 saturated heterocycles. The molecule has 0 aromatic heterocycles. The third-order valence-corrected chi connectivity index (χ3v) is 4.23. The van der Waals surface area contributed by atoms with Gasteiger partial charge in [-0.3, -0.25) is 9.59 Å². The van der Waals surface area contributed by atoms with Crippen LogP contribution in [-0.2, 0) is 4.79 Å². The minimum absolute atomic E-state index is 0.239. The van der Waals surface area contributed by atoms with Crippen LogP contribution >= 0.6 is 11.6 Å². The Morgan fingerprint density at radius 3 is 2.23 bits per heavy atom. The molecule has 0 aliphatic carbocycles. The van der Waals surface area contributed by atoms with Crippen LogP contribution in [0.15, 0.2) is 24.3 Å². The highest BCUT2D eigenvalue weighted by molar-refractivity contribution is 6.30. The second-order valence-electron chi connectivity index (χ2n) is 5.38. The molecular weight excluding hydrogens is 302 g/mol. The lowest BCUT2D eigenvalue weighted by atomic mass is 9.92. The third-order valence-electron chi connectivity index (χ3n) is 3.98. The quantitative estimate of drug-likeness (QED) is 0.717. The zero-order valence-electron chi connectivity index (χ0n) is 13.3. The number of nitrogens with two attached hydrogens (primary N) is 1. The van der Waals surface area contributed by atoms with Crippen molar-refractivity contribution in [1.29, 1.82) is 0 Å². The van der Waals surface area contributed by atoms with Gasteiger partial charge in [-0.05, 0) is 44.0 Å². The molecule has 1 aromatic carbocycles. The predicted molar refractivity (Wildman–Crippen MR) is 88.9 cm³/mol. The minimum atomic E-state index is -0.646. The number of rotatable bonds is 7. The van der Waals surface area contributed by atoms with Gasteiger partial charge in [0, 0.05) is 17.1 Å². The monoisotopic (exact) mass is 325 g/mol. The molecule has 1 unspecified atom stereocenters. The fourth-order valence-electron chi connectivity index (χ4n) is 2.08. The molecule has 0 heterocycles. The molecule has 1 rings (SSSR count). The summed E-state index contributed by atoms with van der Waals surface area (Å²) in [5, 5.41) is 6.18. The van der Waals surface area contributed by atoms with E-state index in [-0.39, 0.29) is 11.8 Å². The second-order valence-corrected chi connectivity index (χ2v) is 5.82. The van der Waals surface area contributed by atoms with Crippen molar-refractivity contribution < 1.29 is 9.59 Å². The SMILES string of the molecule is CCC(CC)(CN)NC(=O)C(C)NC(=O)c1ccc(Cl)cc1. The molecule has 0 saturated carbocycles. The molecule has 0 bridgehead atoms. The van der Waals surface area contributed by atoms with Crippen molar-refractivity contribution in [1.82, 2.24) is 10.6 Å². The largest absolute Gasteiger partial charge is 0.348 e. The fraction of sp³-hybridized carbons (Fsp3) is 0.500. The topological polar surface area (TPSA) is 84.2 Å². The number of amides is 2. The van der Waals surface area contributed by atoms with Crippen molar-refractivity contribution in [2.45, 2.75) is 45.2 Å². The molecule has 0 fully saturated rings. The second kappa shape index (κ2) is 8.15. The molecule has 4 N–H and O–H groups in total. The van der Waals surface area contributed by atoms with Gasteiger partial charge < -0.3 is 16.4 Å². The summed E-state index contributed by atoms with van der Waals surface area (Å²) in [6, 6.07) is 5.85. The molecule has 0 aliphatic rings. The van der Waals surface area contributed by atoms with E-state index >= 15 is 0 Å². The molecule has 122 valence electrons. The van der Waals surface area contributed by atoms with Gasteiger partial charge in [-0.25, -0.2) is 0 Å². The molecule has 1 aromatic rings. The van der Waals surface area contributed by atoms with E-state index in [2.05, 4.69) is 10.6 Å². The van der Waals surface area contributed by atoms with Gasteiger partial charge in [-0.1, -0.05) is 25.4 Å². The Kier molecular flexibility index (Phi) is 6.84. The van der Waals surface area contributed by atoms with Crippen LogP contribution in [0.3, 0.4) is 0 Å². The van der Waals surface area contributed by atoms with Crippen LogP contribution in [0.25, 0.3) is 0 Å². The maximum atomic E-state index is 12.3. The maximum absolute atomic E-state index is 12.3. The summed E-state index contributed by atoms with van der Waals surface area (Å²) in [5.41, 5.74) is 5.81. The molecule has 0 spiro atoms. The Labute approximate surface area is 136 Å². The van der Waals surface area contributed by atoms with E-state index < -0.39 is 11.6 Å². The highest BCUT2D eigenvalue weighted by Gasteiger charge is 2.28. The first-order valence-corrected chi connectivity index (χ1v) is 7.83. The summed E-state index contributed by atoms with van der Waals surface area (Å²) in [5.74, 6) is -0.554. The van der Waals surface area contributed by atoms with Crippen molar-refractivity contribution in [2.75, 3.05) is 6.54 Å². The Morgan fingerprint density at radius 2 is 1.77 bits per heavy atom. The van der Waals surface area contributed by atoms with Crippen LogP contribution in [0.1, 0.15) is 44.0 Å². The zero-order chi connectivity index (χ0) is 16.8. The summed E-state index contributed by atoms with van der Waals surface area (Å²) < 4.78 is 0. The molecule has 6 heteroatoms. The zero-order valence-corrected chi connectivity index (χ0v) is 14.0. The molecular formula is C16H24ClN3O2. The van der Waals surface area contributed by atoms with E-state index in [1.54, 1.807) is 31.2 Å². The third kappa shape index (κ3) is 4.71. The lowest BCUT2D eigenvalue weighted by Crippen LogP contribution is -2.57. The Hall–Kier alpha value is -1.59. The summed E-state index contributed by atoms with van der Waals surface area (Å²) >= 11 is 5.79. The molecule has 0 aliphatic heterocycles. The summed E-state index contributed by atoms with van der Waals surface area (Å²) in [7, 11) is 0. The van der Waals surface area contributed by atoms with Crippen molar-refractivity contribution in [3.05, 3.63) is 34.9 Å². The normalized spacial score (nSPS) is 12.6. The molecule has 22 heavy (non-hydrogen) atoms. The number of hydrogen-bond acceptors (Lipinski definition) is 3. The lowest BCUT2D eigenvalue weighted by Gasteiger charge is -2.32. The number of nitrogens with one attached hydrogen (secondary N) is 2. The number of hydrogen-bond donors (Lipinski definition) is 3. The number of carbonyl (C=O) groups excluding carboxylic acids is 2. The van der Waals surface area contributed by atoms with E-state index in [0.717, 1.165) is 12.8 Å². The van der Waals surface area contributed by atoms with E-state index in [4.69, 9.17) is 17.3 Å². The highest BCUT2D eigenvalue weighted by atomic mass is 35.5. The van der Waals surface area contributed by atoms with Crippen LogP contribution in [0.2, 0.25) is 5.02 Å². The fourth-order valence-corrected chi connectivity index (χ4v) is 2.21. The average Bonchev–Trinajstić information content (AvgIpc) is 2.53. The van der Waals surface area contributed by atoms with Crippen molar-refractivity contribution in [3.8, 4) is 0 Å². The van der Waals surface area contributed by atoms with Crippen molar-refractivity contribution >= 4 is 23.4 Å². The first kappa shape index (κ1) is 18.5. The summed E-state index contributed by atoms with van der Waals surface area (Å²) in [6.07, 6.45) is 1.48. The first-order chi connectivity index (χ1) is 10.4. The molecule has 2 amide bonds. The summed E-state index contributed by atoms with van der Waals surface area (Å²) in [4.78, 5) is 24.3. The van der Waals surface area contributed by atoms with Gasteiger partial charge >= 0.3 is 0 Å². The van der Waals surface area contributed by atoms with Gasteiger partial charge in [0.15, 0.2) is 0 Å². The minimum Gasteiger partial charge on any atom is -0.348 e. The van der Waals surface area contributed by atoms with Gasteiger partial charge in [0.25, 0.3) is 5.91 Å². The Morgan fingerprint density at radius 1 is 1.23 bits per heavy atom. The van der Waals surface area contributed by atoms with Crippen LogP contribution in [0.5, 0.6) is 0 Å². The van der Waals surface area contributed by atoms with Gasteiger partial charge in [0.2, 0.25) is 5.91 Å². The van der Waals surface area contributed by atoms with Crippen LogP contribution in [0, 0.1) is 0 Å². The standard InChI is InChI=1S/C16H24ClN3O2/c1-4-16(5-2,10-18)20-14(21)11(3)19-15(22)12-6-8-13(17)9-7-12/h6-9,11H,4-5,10,18H2,1-3H3,(H,19,22)(H,20,21).